The molecule has 4 atom stereocenters. The molecule has 0 aromatic carbocycles. The average Bonchev–Trinajstić information content (AvgIpc) is 2.80. The summed E-state index contributed by atoms with van der Waals surface area (Å²) >= 11 is 3.48. The highest BCUT2D eigenvalue weighted by Gasteiger charge is 2.43. The lowest BCUT2D eigenvalue weighted by molar-refractivity contribution is -0.121. The first-order valence-corrected chi connectivity index (χ1v) is 12.6. The van der Waals surface area contributed by atoms with E-state index in [1.165, 1.54) is 4.68 Å². The lowest BCUT2D eigenvalue weighted by atomic mass is 9.58. The molecule has 1 aliphatic rings. The Kier molecular flexibility index (Phi) is 8.32. The van der Waals surface area contributed by atoms with Crippen LogP contribution in [0.4, 0.5) is 5.69 Å². The van der Waals surface area contributed by atoms with Crippen molar-refractivity contribution in [3.8, 4) is 0 Å². The minimum Gasteiger partial charge on any atom is -0.380 e. The topological polar surface area (TPSA) is 88.9 Å². The number of pyridine rings is 1. The van der Waals surface area contributed by atoms with E-state index in [0.717, 1.165) is 17.7 Å². The molecule has 7 nitrogen and oxygen atoms in total. The van der Waals surface area contributed by atoms with Crippen LogP contribution in [0.1, 0.15) is 59.4 Å². The molecule has 1 saturated carbocycles. The number of aryl methyl sites for hydroxylation is 1. The van der Waals surface area contributed by atoms with Gasteiger partial charge in [0.1, 0.15) is 4.47 Å². The van der Waals surface area contributed by atoms with Crippen LogP contribution in [0.3, 0.4) is 0 Å². The van der Waals surface area contributed by atoms with E-state index in [-0.39, 0.29) is 11.5 Å². The molecule has 0 aliphatic heterocycles. The molecule has 0 saturated heterocycles. The number of aromatic nitrogens is 3. The van der Waals surface area contributed by atoms with Crippen molar-refractivity contribution in [1.29, 1.82) is 0 Å². The standard InChI is InChI=1S/C25H36BrN5O2/c1-16-13-20(17(2)18(3)25(16,4)5)30-21-15-29-31(24(33)23(21)26)12-6-7-22(32)28-14-19-8-10-27-11-9-19/h8-11,15-18,20,30H,6-7,12-14H2,1-5H3,(H,28,32)/t16-,17+,18+,20+/m0/s1. The number of nitrogens with one attached hydrogen (secondary N) is 2. The molecule has 1 fully saturated rings. The van der Waals surface area contributed by atoms with Gasteiger partial charge in [0.05, 0.1) is 11.9 Å². The summed E-state index contributed by atoms with van der Waals surface area (Å²) < 4.78 is 1.92. The number of carbonyl (C=O) groups is 1. The molecule has 2 aromatic rings. The fourth-order valence-electron chi connectivity index (χ4n) is 4.67. The first-order chi connectivity index (χ1) is 15.6. The summed E-state index contributed by atoms with van der Waals surface area (Å²) in [6.07, 6.45) is 7.05. The first kappa shape index (κ1) is 25.4. The fraction of sp³-hybridized carbons (Fsp3) is 0.600. The second kappa shape index (κ2) is 10.8. The normalized spacial score (nSPS) is 24.3. The molecule has 0 unspecified atom stereocenters. The van der Waals surface area contributed by atoms with E-state index in [4.69, 9.17) is 0 Å². The van der Waals surface area contributed by atoms with Crippen LogP contribution in [-0.4, -0.2) is 26.7 Å². The van der Waals surface area contributed by atoms with Crippen molar-refractivity contribution >= 4 is 27.5 Å². The Balaban J connectivity index is 1.55. The van der Waals surface area contributed by atoms with Gasteiger partial charge >= 0.3 is 0 Å². The molecular weight excluding hydrogens is 482 g/mol. The number of halogens is 1. The van der Waals surface area contributed by atoms with Crippen LogP contribution >= 0.6 is 15.9 Å². The van der Waals surface area contributed by atoms with Crippen LogP contribution in [0.5, 0.6) is 0 Å². The van der Waals surface area contributed by atoms with Gasteiger partial charge in [-0.2, -0.15) is 5.10 Å². The van der Waals surface area contributed by atoms with Gasteiger partial charge in [0, 0.05) is 37.9 Å². The van der Waals surface area contributed by atoms with E-state index < -0.39 is 0 Å². The Hall–Kier alpha value is -2.22. The number of hydrogen-bond acceptors (Lipinski definition) is 5. The molecule has 33 heavy (non-hydrogen) atoms. The van der Waals surface area contributed by atoms with Crippen LogP contribution in [0.2, 0.25) is 0 Å². The third-order valence-electron chi connectivity index (χ3n) is 7.81. The first-order valence-electron chi connectivity index (χ1n) is 11.8. The number of anilines is 1. The van der Waals surface area contributed by atoms with Gasteiger partial charge in [-0.25, -0.2) is 4.68 Å². The maximum absolute atomic E-state index is 12.8. The van der Waals surface area contributed by atoms with Gasteiger partial charge in [0.15, 0.2) is 0 Å². The van der Waals surface area contributed by atoms with Crippen molar-refractivity contribution in [2.24, 2.45) is 23.2 Å². The number of amides is 1. The van der Waals surface area contributed by atoms with Gasteiger partial charge in [-0.1, -0.05) is 34.6 Å². The predicted molar refractivity (Wildman–Crippen MR) is 135 cm³/mol. The quantitative estimate of drug-likeness (QED) is 0.533. The summed E-state index contributed by atoms with van der Waals surface area (Å²) in [5.74, 6) is 1.58. The van der Waals surface area contributed by atoms with Crippen LogP contribution in [0.25, 0.3) is 0 Å². The highest BCUT2D eigenvalue weighted by molar-refractivity contribution is 9.10. The molecular formula is C25H36BrN5O2. The Morgan fingerprint density at radius 1 is 1.24 bits per heavy atom. The van der Waals surface area contributed by atoms with E-state index in [9.17, 15) is 9.59 Å². The highest BCUT2D eigenvalue weighted by atomic mass is 79.9. The molecule has 0 bridgehead atoms. The zero-order valence-electron chi connectivity index (χ0n) is 20.3. The largest absolute Gasteiger partial charge is 0.380 e. The summed E-state index contributed by atoms with van der Waals surface area (Å²) in [5.41, 5.74) is 1.86. The third-order valence-corrected chi connectivity index (χ3v) is 8.58. The van der Waals surface area contributed by atoms with Crippen LogP contribution < -0.4 is 16.2 Å². The summed E-state index contributed by atoms with van der Waals surface area (Å²) in [6.45, 7) is 12.5. The number of carbonyl (C=O) groups excluding carboxylic acids is 1. The summed E-state index contributed by atoms with van der Waals surface area (Å²) in [4.78, 5) is 28.9. The molecule has 180 valence electrons. The predicted octanol–water partition coefficient (Wildman–Crippen LogP) is 4.62. The smallest absolute Gasteiger partial charge is 0.283 e. The van der Waals surface area contributed by atoms with Gasteiger partial charge in [-0.3, -0.25) is 14.6 Å². The highest BCUT2D eigenvalue weighted by Crippen LogP contribution is 2.48. The van der Waals surface area contributed by atoms with E-state index in [0.29, 0.717) is 59.6 Å². The van der Waals surface area contributed by atoms with Gasteiger partial charge in [-0.15, -0.1) is 0 Å². The fourth-order valence-corrected chi connectivity index (χ4v) is 5.09. The third kappa shape index (κ3) is 6.02. The van der Waals surface area contributed by atoms with E-state index >= 15 is 0 Å². The molecule has 3 rings (SSSR count). The van der Waals surface area contributed by atoms with E-state index in [1.54, 1.807) is 18.6 Å². The SMILES string of the molecule is C[C@@H]1[C@@H](C)C(C)(C)[C@@H](C)C[C@H]1Nc1cnn(CCCC(=O)NCc2ccncc2)c(=O)c1Br. The summed E-state index contributed by atoms with van der Waals surface area (Å²) in [7, 11) is 0. The second-order valence-corrected chi connectivity index (χ2v) is 10.8. The molecule has 1 amide bonds. The Morgan fingerprint density at radius 3 is 2.64 bits per heavy atom. The van der Waals surface area contributed by atoms with Gasteiger partial charge < -0.3 is 10.6 Å². The van der Waals surface area contributed by atoms with Crippen molar-refractivity contribution in [2.75, 3.05) is 5.32 Å². The van der Waals surface area contributed by atoms with Crippen molar-refractivity contribution in [1.82, 2.24) is 20.1 Å². The van der Waals surface area contributed by atoms with Gasteiger partial charge in [0.2, 0.25) is 5.91 Å². The van der Waals surface area contributed by atoms with Crippen molar-refractivity contribution in [3.05, 3.63) is 51.1 Å². The second-order valence-electron chi connectivity index (χ2n) is 9.99. The minimum absolute atomic E-state index is 0.0466. The van der Waals surface area contributed by atoms with Crippen LogP contribution in [0, 0.1) is 23.2 Å². The molecule has 0 radical (unpaired) electrons. The molecule has 2 aromatic heterocycles. The van der Waals surface area contributed by atoms with E-state index in [2.05, 4.69) is 71.3 Å². The van der Waals surface area contributed by atoms with Crippen LogP contribution in [0.15, 0.2) is 40.0 Å². The molecule has 2 heterocycles. The lowest BCUT2D eigenvalue weighted by Crippen LogP contribution is -2.48. The van der Waals surface area contributed by atoms with Crippen molar-refractivity contribution in [3.63, 3.8) is 0 Å². The van der Waals surface area contributed by atoms with Crippen molar-refractivity contribution in [2.45, 2.75) is 73.0 Å². The molecule has 2 N–H and O–H groups in total. The monoisotopic (exact) mass is 517 g/mol. The summed E-state index contributed by atoms with van der Waals surface area (Å²) in [5, 5.41) is 10.8. The number of nitrogens with zero attached hydrogens (tertiary/aromatic N) is 3. The molecule has 1 aliphatic carbocycles. The average molecular weight is 519 g/mol. The maximum Gasteiger partial charge on any atom is 0.283 e. The molecule has 8 heteroatoms. The molecule has 0 spiro atoms. The minimum atomic E-state index is -0.179. The van der Waals surface area contributed by atoms with Crippen LogP contribution in [-0.2, 0) is 17.9 Å². The van der Waals surface area contributed by atoms with E-state index in [1.807, 2.05) is 12.1 Å². The Morgan fingerprint density at radius 2 is 1.94 bits per heavy atom. The number of hydrogen-bond donors (Lipinski definition) is 2. The maximum atomic E-state index is 12.8. The summed E-state index contributed by atoms with van der Waals surface area (Å²) in [6, 6.07) is 4.03. The Labute approximate surface area is 204 Å². The van der Waals surface area contributed by atoms with Gasteiger partial charge in [-0.05, 0) is 69.6 Å². The Bertz CT molecular complexity index is 1010. The number of rotatable bonds is 8. The zero-order chi connectivity index (χ0) is 24.2. The zero-order valence-corrected chi connectivity index (χ0v) is 21.9. The lowest BCUT2D eigenvalue weighted by Gasteiger charge is -2.50. The van der Waals surface area contributed by atoms with Gasteiger partial charge in [0.25, 0.3) is 5.56 Å². The van der Waals surface area contributed by atoms with Crippen molar-refractivity contribution < 1.29 is 4.79 Å².